The summed E-state index contributed by atoms with van der Waals surface area (Å²) in [6, 6.07) is 3.87. The van der Waals surface area contributed by atoms with Crippen molar-refractivity contribution in [1.82, 2.24) is 15.1 Å². The molecule has 7 heteroatoms. The zero-order valence-corrected chi connectivity index (χ0v) is 21.3. The molecule has 0 bridgehead atoms. The van der Waals surface area contributed by atoms with Crippen LogP contribution in [0.3, 0.4) is 0 Å². The van der Waals surface area contributed by atoms with Gasteiger partial charge in [-0.25, -0.2) is 0 Å². The number of amidine groups is 2. The number of amides is 1. The molecule has 0 atom stereocenters. The molecule has 1 saturated heterocycles. The Bertz CT molecular complexity index is 993. The minimum Gasteiger partial charge on any atom is -0.496 e. The molecule has 1 aromatic rings. The fraction of sp³-hybridized carbons (Fsp3) is 0.444. The molecule has 2 heterocycles. The molecule has 7 nitrogen and oxygen atoms in total. The normalized spacial score (nSPS) is 16.1. The molecule has 0 aliphatic carbocycles. The first-order valence-electron chi connectivity index (χ1n) is 11.9. The van der Waals surface area contributed by atoms with Crippen LogP contribution in [-0.4, -0.2) is 54.6 Å². The molecule has 3 rings (SSSR count). The number of rotatable bonds is 6. The van der Waals surface area contributed by atoms with Gasteiger partial charge in [-0.1, -0.05) is 39.0 Å². The van der Waals surface area contributed by atoms with Crippen LogP contribution in [0.5, 0.6) is 5.75 Å². The molecule has 0 radical (unpaired) electrons. The Morgan fingerprint density at radius 2 is 1.94 bits per heavy atom. The third kappa shape index (κ3) is 7.15. The van der Waals surface area contributed by atoms with Gasteiger partial charge in [0, 0.05) is 31.8 Å². The zero-order valence-electron chi connectivity index (χ0n) is 21.3. The number of fused-ring (bicyclic) bond motifs is 1. The van der Waals surface area contributed by atoms with Crippen LogP contribution in [0.15, 0.2) is 48.2 Å². The molecule has 1 amide bonds. The van der Waals surface area contributed by atoms with Crippen LogP contribution in [0.4, 0.5) is 0 Å². The van der Waals surface area contributed by atoms with Crippen LogP contribution >= 0.6 is 0 Å². The van der Waals surface area contributed by atoms with E-state index in [-0.39, 0.29) is 5.91 Å². The predicted octanol–water partition coefficient (Wildman–Crippen LogP) is 4.90. The molecule has 0 spiro atoms. The summed E-state index contributed by atoms with van der Waals surface area (Å²) < 4.78 is 5.46. The van der Waals surface area contributed by atoms with Crippen LogP contribution in [0, 0.1) is 10.8 Å². The van der Waals surface area contributed by atoms with Crippen LogP contribution in [-0.2, 0) is 13.0 Å². The zero-order chi connectivity index (χ0) is 25.3. The Morgan fingerprint density at radius 3 is 2.56 bits per heavy atom. The predicted molar refractivity (Wildman–Crippen MR) is 140 cm³/mol. The summed E-state index contributed by atoms with van der Waals surface area (Å²) in [5.74, 6) is 1.13. The number of carbonyl (C=O) groups excluding carboxylic acids is 1. The Morgan fingerprint density at radius 1 is 1.24 bits per heavy atom. The van der Waals surface area contributed by atoms with Crippen LogP contribution in [0.25, 0.3) is 0 Å². The number of methoxy groups -OCH3 is 1. The number of carbonyl (C=O) groups is 1. The van der Waals surface area contributed by atoms with E-state index in [0.29, 0.717) is 35.2 Å². The van der Waals surface area contributed by atoms with Crippen molar-refractivity contribution in [2.75, 3.05) is 27.2 Å². The van der Waals surface area contributed by atoms with E-state index < -0.39 is 0 Å². The van der Waals surface area contributed by atoms with E-state index in [9.17, 15) is 4.79 Å². The van der Waals surface area contributed by atoms with Gasteiger partial charge in [0.15, 0.2) is 0 Å². The summed E-state index contributed by atoms with van der Waals surface area (Å²) in [5, 5.41) is 19.0. The minimum atomic E-state index is -0.263. The Labute approximate surface area is 204 Å². The number of hydrogen-bond donors (Lipinski definition) is 3. The van der Waals surface area contributed by atoms with E-state index in [2.05, 4.69) is 37.7 Å². The van der Waals surface area contributed by atoms with Crippen molar-refractivity contribution in [1.29, 1.82) is 10.8 Å². The molecule has 3 N–H and O–H groups in total. The number of likely N-dealkylation sites (tertiary alicyclic amines) is 1. The van der Waals surface area contributed by atoms with Gasteiger partial charge >= 0.3 is 0 Å². The van der Waals surface area contributed by atoms with E-state index in [0.717, 1.165) is 43.5 Å². The lowest BCUT2D eigenvalue weighted by Crippen LogP contribution is -2.31. The average Bonchev–Trinajstić information content (AvgIpc) is 3.23. The summed E-state index contributed by atoms with van der Waals surface area (Å²) in [6.07, 6.45) is 9.07. The summed E-state index contributed by atoms with van der Waals surface area (Å²) in [6.45, 7) is 12.5. The molecule has 1 fully saturated rings. The number of nitrogens with one attached hydrogen (secondary N) is 3. The largest absolute Gasteiger partial charge is 0.496 e. The molecule has 2 aliphatic rings. The smallest absolute Gasteiger partial charge is 0.259 e. The maximum absolute atomic E-state index is 12.8. The first-order chi connectivity index (χ1) is 16.2. The molecule has 2 aliphatic heterocycles. The third-order valence-corrected chi connectivity index (χ3v) is 5.65. The lowest BCUT2D eigenvalue weighted by molar-refractivity contribution is 0.0964. The summed E-state index contributed by atoms with van der Waals surface area (Å²) in [7, 11) is 3.64. The standard InChI is InChI=1S/C24H31N5O2.C3H8/c1-16(23(26)29-11-6-9-22(29)25)7-5-8-17(2)27-24(30)20-13-19-15-28(3)12-10-18(19)14-21(20)31-4;1-3-2/h5,7-8,13-14,25-26H,2,6,9-12,15H2,1,3-4H3,(H,27,30);3H2,1-2H3/b8-5-,16-7+,25-22?,26-23?;. The van der Waals surface area contributed by atoms with E-state index in [1.807, 2.05) is 19.1 Å². The van der Waals surface area contributed by atoms with Gasteiger partial charge < -0.3 is 19.9 Å². The van der Waals surface area contributed by atoms with Crippen molar-refractivity contribution in [2.24, 2.45) is 0 Å². The Hall–Kier alpha value is -3.19. The molecule has 34 heavy (non-hydrogen) atoms. The van der Waals surface area contributed by atoms with Crippen LogP contribution < -0.4 is 10.1 Å². The second-order valence-corrected chi connectivity index (χ2v) is 8.75. The molecular weight excluding hydrogens is 426 g/mol. The molecule has 0 aromatic heterocycles. The lowest BCUT2D eigenvalue weighted by Gasteiger charge is -2.26. The highest BCUT2D eigenvalue weighted by molar-refractivity contribution is 6.07. The Kier molecular flexibility index (Phi) is 10.3. The molecule has 0 unspecified atom stereocenters. The maximum atomic E-state index is 12.8. The van der Waals surface area contributed by atoms with Gasteiger partial charge in [0.1, 0.15) is 17.4 Å². The maximum Gasteiger partial charge on any atom is 0.259 e. The second-order valence-electron chi connectivity index (χ2n) is 8.75. The monoisotopic (exact) mass is 465 g/mol. The highest BCUT2D eigenvalue weighted by atomic mass is 16.5. The fourth-order valence-electron chi connectivity index (χ4n) is 3.85. The number of hydrogen-bond acceptors (Lipinski definition) is 5. The first kappa shape index (κ1) is 27.1. The SMILES string of the molecule is C=C(/C=C\C=C(/C)C(=N)N1CCCC1=N)NC(=O)c1cc2c(cc1OC)CCN(C)C2.CCC. The lowest BCUT2D eigenvalue weighted by atomic mass is 9.96. The number of allylic oxidation sites excluding steroid dienone is 3. The molecule has 0 saturated carbocycles. The quantitative estimate of drug-likeness (QED) is 0.317. The molecule has 1 aromatic carbocycles. The van der Waals surface area contributed by atoms with Crippen molar-refractivity contribution in [3.8, 4) is 5.75 Å². The van der Waals surface area contributed by atoms with Gasteiger partial charge in [-0.15, -0.1) is 0 Å². The van der Waals surface area contributed by atoms with Gasteiger partial charge in [0.25, 0.3) is 5.91 Å². The van der Waals surface area contributed by atoms with E-state index in [1.165, 1.54) is 12.0 Å². The van der Waals surface area contributed by atoms with Gasteiger partial charge in [0.2, 0.25) is 0 Å². The van der Waals surface area contributed by atoms with Crippen molar-refractivity contribution < 1.29 is 9.53 Å². The molecule has 184 valence electrons. The van der Waals surface area contributed by atoms with Gasteiger partial charge in [-0.2, -0.15) is 0 Å². The number of likely N-dealkylation sites (N-methyl/N-ethyl adjacent to an activating group) is 1. The van der Waals surface area contributed by atoms with Crippen molar-refractivity contribution >= 4 is 17.6 Å². The average molecular weight is 466 g/mol. The summed E-state index contributed by atoms with van der Waals surface area (Å²) >= 11 is 0. The topological polar surface area (TPSA) is 92.5 Å². The first-order valence-corrected chi connectivity index (χ1v) is 11.9. The second kappa shape index (κ2) is 12.9. The van der Waals surface area contributed by atoms with E-state index in [4.69, 9.17) is 15.6 Å². The Balaban J connectivity index is 0.00000129. The summed E-state index contributed by atoms with van der Waals surface area (Å²) in [5.41, 5.74) is 4.06. The van der Waals surface area contributed by atoms with Gasteiger partial charge in [-0.05, 0) is 61.7 Å². The highest BCUT2D eigenvalue weighted by Crippen LogP contribution is 2.27. The van der Waals surface area contributed by atoms with Gasteiger partial charge in [-0.3, -0.25) is 15.6 Å². The summed E-state index contributed by atoms with van der Waals surface area (Å²) in [4.78, 5) is 16.8. The fourth-order valence-corrected chi connectivity index (χ4v) is 3.85. The van der Waals surface area contributed by atoms with E-state index >= 15 is 0 Å². The number of ether oxygens (including phenoxy) is 1. The van der Waals surface area contributed by atoms with Gasteiger partial charge in [0.05, 0.1) is 12.7 Å². The van der Waals surface area contributed by atoms with Crippen molar-refractivity contribution in [3.05, 3.63) is 64.9 Å². The van der Waals surface area contributed by atoms with Crippen LogP contribution in [0.2, 0.25) is 0 Å². The van der Waals surface area contributed by atoms with E-state index in [1.54, 1.807) is 30.2 Å². The number of benzene rings is 1. The van der Waals surface area contributed by atoms with Crippen molar-refractivity contribution in [3.63, 3.8) is 0 Å². The molecular formula is C27H39N5O2. The highest BCUT2D eigenvalue weighted by Gasteiger charge is 2.22. The third-order valence-electron chi connectivity index (χ3n) is 5.65. The minimum absolute atomic E-state index is 0.263. The van der Waals surface area contributed by atoms with Crippen LogP contribution in [0.1, 0.15) is 61.5 Å². The number of nitrogens with zero attached hydrogens (tertiary/aromatic N) is 2. The van der Waals surface area contributed by atoms with Crippen molar-refractivity contribution in [2.45, 2.75) is 53.0 Å².